The van der Waals surface area contributed by atoms with Crippen LogP contribution in [0, 0.1) is 6.92 Å². The molecule has 1 N–H and O–H groups in total. The molecule has 0 aromatic carbocycles. The van der Waals surface area contributed by atoms with Crippen LogP contribution in [0.1, 0.15) is 53.4 Å². The number of carbonyl (C=O) groups excluding carboxylic acids is 2. The van der Waals surface area contributed by atoms with E-state index in [9.17, 15) is 9.59 Å². The second kappa shape index (κ2) is 7.04. The van der Waals surface area contributed by atoms with Crippen LogP contribution < -0.4 is 5.32 Å². The van der Waals surface area contributed by atoms with Gasteiger partial charge in [0.1, 0.15) is 11.5 Å². The van der Waals surface area contributed by atoms with Gasteiger partial charge in [0, 0.05) is 37.2 Å². The number of aromatic nitrogens is 3. The molecule has 0 radical (unpaired) electrons. The molecule has 2 amide bonds. The number of hydrogen-bond acceptors (Lipinski definition) is 6. The van der Waals surface area contributed by atoms with E-state index in [0.717, 1.165) is 24.1 Å². The van der Waals surface area contributed by atoms with Crippen molar-refractivity contribution >= 4 is 23.2 Å². The van der Waals surface area contributed by atoms with E-state index in [2.05, 4.69) is 20.3 Å². The molecular formula is C16H19N5O2S. The zero-order valence-corrected chi connectivity index (χ0v) is 14.5. The van der Waals surface area contributed by atoms with Gasteiger partial charge >= 0.3 is 0 Å². The lowest BCUT2D eigenvalue weighted by Gasteiger charge is -2.25. The standard InChI is InChI=1S/C16H19N5O2S/c1-10-17-6-12(7-18-11(2)22)15(20-10)14-4-3-5-21(14)16(23)13-8-24-9-19-13/h6,8-9,14H,3-5,7H2,1-2H3,(H,18,22)/t14-/m0/s1. The van der Waals surface area contributed by atoms with Crippen LogP contribution in [0.4, 0.5) is 0 Å². The van der Waals surface area contributed by atoms with Gasteiger partial charge in [0.05, 0.1) is 17.2 Å². The first-order valence-corrected chi connectivity index (χ1v) is 8.76. The summed E-state index contributed by atoms with van der Waals surface area (Å²) in [6, 6.07) is -0.107. The van der Waals surface area contributed by atoms with Crippen molar-refractivity contribution in [2.45, 2.75) is 39.3 Å². The third-order valence-corrected chi connectivity index (χ3v) is 4.61. The lowest BCUT2D eigenvalue weighted by molar-refractivity contribution is -0.119. The second-order valence-electron chi connectivity index (χ2n) is 5.77. The van der Waals surface area contributed by atoms with Crippen molar-refractivity contribution in [3.05, 3.63) is 39.9 Å². The summed E-state index contributed by atoms with van der Waals surface area (Å²) >= 11 is 1.41. The maximum Gasteiger partial charge on any atom is 0.273 e. The van der Waals surface area contributed by atoms with E-state index in [0.29, 0.717) is 24.6 Å². The van der Waals surface area contributed by atoms with E-state index in [1.165, 1.54) is 18.3 Å². The number of thiazole rings is 1. The summed E-state index contributed by atoms with van der Waals surface area (Å²) in [5, 5.41) is 4.55. The molecule has 0 aliphatic carbocycles. The molecule has 1 aliphatic heterocycles. The zero-order valence-electron chi connectivity index (χ0n) is 13.7. The Balaban J connectivity index is 1.90. The van der Waals surface area contributed by atoms with E-state index in [1.807, 2.05) is 11.8 Å². The number of carbonyl (C=O) groups is 2. The summed E-state index contributed by atoms with van der Waals surface area (Å²) in [5.41, 5.74) is 3.80. The average molecular weight is 345 g/mol. The first-order valence-electron chi connectivity index (χ1n) is 7.82. The van der Waals surface area contributed by atoms with Crippen LogP contribution in [-0.2, 0) is 11.3 Å². The van der Waals surface area contributed by atoms with Crippen LogP contribution in [0.3, 0.4) is 0 Å². The minimum Gasteiger partial charge on any atom is -0.352 e. The quantitative estimate of drug-likeness (QED) is 0.914. The number of amides is 2. The highest BCUT2D eigenvalue weighted by atomic mass is 32.1. The summed E-state index contributed by atoms with van der Waals surface area (Å²) in [6.07, 6.45) is 3.50. The topological polar surface area (TPSA) is 88.1 Å². The lowest BCUT2D eigenvalue weighted by Crippen LogP contribution is -2.32. The largest absolute Gasteiger partial charge is 0.352 e. The van der Waals surface area contributed by atoms with E-state index < -0.39 is 0 Å². The number of aryl methyl sites for hydroxylation is 1. The molecule has 1 fully saturated rings. The first kappa shape index (κ1) is 16.5. The molecule has 3 rings (SSSR count). The van der Waals surface area contributed by atoms with Gasteiger partial charge in [-0.1, -0.05) is 0 Å². The Kier molecular flexibility index (Phi) is 4.84. The van der Waals surface area contributed by atoms with E-state index >= 15 is 0 Å². The summed E-state index contributed by atoms with van der Waals surface area (Å²) in [6.45, 7) is 4.35. The third kappa shape index (κ3) is 3.43. The molecule has 0 saturated carbocycles. The fraction of sp³-hybridized carbons (Fsp3) is 0.438. The van der Waals surface area contributed by atoms with Gasteiger partial charge in [-0.05, 0) is 19.8 Å². The molecule has 0 spiro atoms. The van der Waals surface area contributed by atoms with Crippen LogP contribution in [-0.4, -0.2) is 38.2 Å². The minimum atomic E-state index is -0.108. The summed E-state index contributed by atoms with van der Waals surface area (Å²) in [7, 11) is 0. The summed E-state index contributed by atoms with van der Waals surface area (Å²) in [4.78, 5) is 38.7. The van der Waals surface area contributed by atoms with Crippen molar-refractivity contribution in [1.29, 1.82) is 0 Å². The molecule has 1 saturated heterocycles. The van der Waals surface area contributed by atoms with E-state index in [4.69, 9.17) is 0 Å². The van der Waals surface area contributed by atoms with Gasteiger partial charge in [0.25, 0.3) is 5.91 Å². The normalized spacial score (nSPS) is 17.1. The molecule has 2 aromatic heterocycles. The zero-order chi connectivity index (χ0) is 17.1. The van der Waals surface area contributed by atoms with Crippen molar-refractivity contribution in [1.82, 2.24) is 25.2 Å². The van der Waals surface area contributed by atoms with Crippen molar-refractivity contribution in [3.63, 3.8) is 0 Å². The van der Waals surface area contributed by atoms with Crippen molar-refractivity contribution in [2.75, 3.05) is 6.54 Å². The highest BCUT2D eigenvalue weighted by molar-refractivity contribution is 7.07. The number of hydrogen-bond donors (Lipinski definition) is 1. The van der Waals surface area contributed by atoms with Crippen molar-refractivity contribution in [3.8, 4) is 0 Å². The van der Waals surface area contributed by atoms with Crippen LogP contribution in [0.15, 0.2) is 17.1 Å². The summed E-state index contributed by atoms with van der Waals surface area (Å²) < 4.78 is 0. The highest BCUT2D eigenvalue weighted by Crippen LogP contribution is 2.33. The van der Waals surface area contributed by atoms with Crippen molar-refractivity contribution in [2.24, 2.45) is 0 Å². The van der Waals surface area contributed by atoms with Gasteiger partial charge < -0.3 is 10.2 Å². The summed E-state index contributed by atoms with van der Waals surface area (Å²) in [5.74, 6) is 0.480. The van der Waals surface area contributed by atoms with Gasteiger partial charge in [-0.15, -0.1) is 11.3 Å². The highest BCUT2D eigenvalue weighted by Gasteiger charge is 2.33. The SMILES string of the molecule is CC(=O)NCc1cnc(C)nc1[C@@H]1CCCN1C(=O)c1cscn1. The van der Waals surface area contributed by atoms with Crippen LogP contribution in [0.2, 0.25) is 0 Å². The molecule has 126 valence electrons. The van der Waals surface area contributed by atoms with E-state index in [-0.39, 0.29) is 17.9 Å². The predicted molar refractivity (Wildman–Crippen MR) is 89.4 cm³/mol. The minimum absolute atomic E-state index is 0.0690. The molecule has 1 atom stereocenters. The number of nitrogens with one attached hydrogen (secondary N) is 1. The Morgan fingerprint density at radius 3 is 2.96 bits per heavy atom. The Morgan fingerprint density at radius 1 is 1.42 bits per heavy atom. The number of nitrogens with zero attached hydrogens (tertiary/aromatic N) is 4. The maximum atomic E-state index is 12.7. The molecule has 1 aliphatic rings. The van der Waals surface area contributed by atoms with Crippen LogP contribution >= 0.6 is 11.3 Å². The second-order valence-corrected chi connectivity index (χ2v) is 6.49. The molecule has 8 heteroatoms. The smallest absolute Gasteiger partial charge is 0.273 e. The Bertz CT molecular complexity index is 747. The number of rotatable bonds is 4. The molecule has 24 heavy (non-hydrogen) atoms. The van der Waals surface area contributed by atoms with Gasteiger partial charge in [-0.25, -0.2) is 15.0 Å². The molecule has 2 aromatic rings. The van der Waals surface area contributed by atoms with Crippen molar-refractivity contribution < 1.29 is 9.59 Å². The van der Waals surface area contributed by atoms with Gasteiger partial charge in [-0.2, -0.15) is 0 Å². The van der Waals surface area contributed by atoms with Gasteiger partial charge in [0.2, 0.25) is 5.91 Å². The average Bonchev–Trinajstić information content (AvgIpc) is 3.24. The Labute approximate surface area is 144 Å². The molecule has 0 unspecified atom stereocenters. The fourth-order valence-corrected chi connectivity index (χ4v) is 3.44. The fourth-order valence-electron chi connectivity index (χ4n) is 2.92. The Hall–Kier alpha value is -2.35. The molecule has 7 nitrogen and oxygen atoms in total. The lowest BCUT2D eigenvalue weighted by atomic mass is 10.1. The monoisotopic (exact) mass is 345 g/mol. The number of likely N-dealkylation sites (tertiary alicyclic amines) is 1. The molecule has 0 bridgehead atoms. The predicted octanol–water partition coefficient (Wildman–Crippen LogP) is 1.85. The Morgan fingerprint density at radius 2 is 2.25 bits per heavy atom. The van der Waals surface area contributed by atoms with Gasteiger partial charge in [-0.3, -0.25) is 9.59 Å². The van der Waals surface area contributed by atoms with E-state index in [1.54, 1.807) is 17.1 Å². The maximum absolute atomic E-state index is 12.7. The molecule has 3 heterocycles. The van der Waals surface area contributed by atoms with Gasteiger partial charge in [0.15, 0.2) is 0 Å². The molecular weight excluding hydrogens is 326 g/mol. The van der Waals surface area contributed by atoms with Crippen LogP contribution in [0.25, 0.3) is 0 Å². The first-order chi connectivity index (χ1) is 11.6. The third-order valence-electron chi connectivity index (χ3n) is 4.03. The van der Waals surface area contributed by atoms with Crippen LogP contribution in [0.5, 0.6) is 0 Å².